The number of rotatable bonds is 4. The minimum Gasteiger partial charge on any atom is -0.481 e. The maximum Gasteiger partial charge on any atom is 0.309 e. The average Bonchev–Trinajstić information content (AvgIpc) is 2.64. The van der Waals surface area contributed by atoms with Crippen LogP contribution in [0.15, 0.2) is 27.1 Å². The molecule has 88 valence electrons. The number of hydrogen-bond donors (Lipinski definition) is 1. The predicted molar refractivity (Wildman–Crippen MR) is 64.6 cm³/mol. The third-order valence-corrected chi connectivity index (χ3v) is 3.71. The minimum absolute atomic E-state index is 0.0711. The molecule has 5 nitrogen and oxygen atoms in total. The highest BCUT2D eigenvalue weighted by atomic mass is 35.5. The maximum atomic E-state index is 10.5. The highest BCUT2D eigenvalue weighted by Gasteiger charge is 2.08. The van der Waals surface area contributed by atoms with Crippen LogP contribution >= 0.6 is 34.7 Å². The largest absolute Gasteiger partial charge is 0.481 e. The lowest BCUT2D eigenvalue weighted by Crippen LogP contribution is -1.99. The smallest absolute Gasteiger partial charge is 0.309 e. The third-order valence-electron chi connectivity index (χ3n) is 1.64. The van der Waals surface area contributed by atoms with Gasteiger partial charge in [0.05, 0.1) is 24.5 Å². The van der Waals surface area contributed by atoms with Crippen molar-refractivity contribution < 1.29 is 9.90 Å². The summed E-state index contributed by atoms with van der Waals surface area (Å²) in [6, 6.07) is 0. The van der Waals surface area contributed by atoms with Gasteiger partial charge in [-0.3, -0.25) is 9.78 Å². The van der Waals surface area contributed by atoms with E-state index in [1.807, 2.05) is 0 Å². The Labute approximate surface area is 110 Å². The molecule has 0 bridgehead atoms. The fourth-order valence-corrected chi connectivity index (χ4v) is 2.97. The zero-order valence-electron chi connectivity index (χ0n) is 8.33. The average molecular weight is 288 g/mol. The van der Waals surface area contributed by atoms with E-state index in [2.05, 4.69) is 15.0 Å². The second-order valence-corrected chi connectivity index (χ2v) is 5.47. The summed E-state index contributed by atoms with van der Waals surface area (Å²) in [5, 5.41) is 11.3. The molecule has 0 saturated carbocycles. The first kappa shape index (κ1) is 12.3. The van der Waals surface area contributed by atoms with Crippen LogP contribution in [-0.4, -0.2) is 26.0 Å². The zero-order valence-corrected chi connectivity index (χ0v) is 10.7. The fraction of sp³-hybridized carbons (Fsp3) is 0.111. The van der Waals surface area contributed by atoms with Gasteiger partial charge in [0.2, 0.25) is 0 Å². The summed E-state index contributed by atoms with van der Waals surface area (Å²) in [6.07, 6.45) is 2.95. The number of aliphatic carboxylic acids is 1. The van der Waals surface area contributed by atoms with Crippen molar-refractivity contribution in [3.63, 3.8) is 0 Å². The van der Waals surface area contributed by atoms with Gasteiger partial charge in [-0.05, 0) is 11.8 Å². The van der Waals surface area contributed by atoms with Gasteiger partial charge in [0.1, 0.15) is 10.2 Å². The number of thiazole rings is 1. The van der Waals surface area contributed by atoms with Crippen molar-refractivity contribution in [2.45, 2.75) is 15.8 Å². The second kappa shape index (κ2) is 5.44. The van der Waals surface area contributed by atoms with Crippen molar-refractivity contribution in [3.8, 4) is 0 Å². The van der Waals surface area contributed by atoms with E-state index in [0.29, 0.717) is 15.9 Å². The number of carbonyl (C=O) groups is 1. The van der Waals surface area contributed by atoms with Crippen molar-refractivity contribution in [2.24, 2.45) is 0 Å². The molecule has 0 aromatic carbocycles. The number of carboxylic acids is 1. The van der Waals surface area contributed by atoms with Crippen LogP contribution in [0.4, 0.5) is 0 Å². The molecular weight excluding hydrogens is 282 g/mol. The molecule has 0 aliphatic carbocycles. The first-order chi connectivity index (χ1) is 8.13. The molecule has 0 atom stereocenters. The van der Waals surface area contributed by atoms with Gasteiger partial charge < -0.3 is 5.11 Å². The Bertz CT molecular complexity index is 547. The van der Waals surface area contributed by atoms with E-state index in [1.54, 1.807) is 11.6 Å². The lowest BCUT2D eigenvalue weighted by Gasteiger charge is -1.95. The number of hydrogen-bond acceptors (Lipinski definition) is 6. The summed E-state index contributed by atoms with van der Waals surface area (Å²) in [4.78, 5) is 22.6. The number of aromatic nitrogens is 3. The Morgan fingerprint density at radius 3 is 3.00 bits per heavy atom. The maximum absolute atomic E-state index is 10.5. The van der Waals surface area contributed by atoms with Crippen LogP contribution in [0.1, 0.15) is 5.69 Å². The Balaban J connectivity index is 2.08. The Hall–Kier alpha value is -1.18. The van der Waals surface area contributed by atoms with Gasteiger partial charge in [0, 0.05) is 5.38 Å². The Morgan fingerprint density at radius 2 is 2.29 bits per heavy atom. The highest BCUT2D eigenvalue weighted by Crippen LogP contribution is 2.29. The van der Waals surface area contributed by atoms with E-state index in [-0.39, 0.29) is 6.42 Å². The van der Waals surface area contributed by atoms with Crippen molar-refractivity contribution in [2.75, 3.05) is 0 Å². The van der Waals surface area contributed by atoms with Gasteiger partial charge in [-0.2, -0.15) is 0 Å². The zero-order chi connectivity index (χ0) is 12.3. The van der Waals surface area contributed by atoms with Gasteiger partial charge in [0.25, 0.3) is 0 Å². The molecule has 0 amide bonds. The molecule has 0 fully saturated rings. The van der Waals surface area contributed by atoms with E-state index in [0.717, 1.165) is 4.34 Å². The van der Waals surface area contributed by atoms with Crippen LogP contribution in [0.25, 0.3) is 0 Å². The van der Waals surface area contributed by atoms with Gasteiger partial charge in [-0.15, -0.1) is 11.3 Å². The van der Waals surface area contributed by atoms with E-state index in [1.165, 1.54) is 29.3 Å². The predicted octanol–water partition coefficient (Wildman–Crippen LogP) is 2.36. The van der Waals surface area contributed by atoms with Gasteiger partial charge in [0.15, 0.2) is 4.34 Å². The molecule has 8 heteroatoms. The Morgan fingerprint density at radius 1 is 1.47 bits per heavy atom. The van der Waals surface area contributed by atoms with Crippen LogP contribution in [0.5, 0.6) is 0 Å². The molecule has 0 unspecified atom stereocenters. The number of carboxylic acid groups (broad SMARTS) is 1. The molecule has 0 saturated heterocycles. The quantitative estimate of drug-likeness (QED) is 0.930. The molecule has 0 aliphatic heterocycles. The van der Waals surface area contributed by atoms with Crippen LogP contribution in [0.3, 0.4) is 0 Å². The monoisotopic (exact) mass is 287 g/mol. The van der Waals surface area contributed by atoms with Gasteiger partial charge in [-0.1, -0.05) is 11.6 Å². The number of nitrogens with zero attached hydrogens (tertiary/aromatic N) is 3. The number of halogens is 1. The molecule has 2 aromatic rings. The molecule has 0 aliphatic rings. The lowest BCUT2D eigenvalue weighted by atomic mass is 10.3. The summed E-state index contributed by atoms with van der Waals surface area (Å²) < 4.78 is 0.720. The standard InChI is InChI=1S/C9H6ClN3O2S2/c10-6-2-11-3-7(13-6)17-9-12-5(4-16-9)1-8(14)15/h2-4H,1H2,(H,14,15). The Kier molecular flexibility index (Phi) is 3.93. The lowest BCUT2D eigenvalue weighted by molar-refractivity contribution is -0.136. The molecule has 2 aromatic heterocycles. The van der Waals surface area contributed by atoms with E-state index >= 15 is 0 Å². The normalized spacial score (nSPS) is 10.4. The van der Waals surface area contributed by atoms with Crippen LogP contribution < -0.4 is 0 Å². The summed E-state index contributed by atoms with van der Waals surface area (Å²) in [6.45, 7) is 0. The molecule has 0 radical (unpaired) electrons. The van der Waals surface area contributed by atoms with E-state index in [4.69, 9.17) is 16.7 Å². The first-order valence-corrected chi connectivity index (χ1v) is 6.52. The summed E-state index contributed by atoms with van der Waals surface area (Å²) in [5.74, 6) is -0.894. The topological polar surface area (TPSA) is 76.0 Å². The molecular formula is C9H6ClN3O2S2. The molecule has 2 rings (SSSR count). The first-order valence-electron chi connectivity index (χ1n) is 4.45. The highest BCUT2D eigenvalue weighted by molar-refractivity contribution is 8.00. The van der Waals surface area contributed by atoms with Gasteiger partial charge in [-0.25, -0.2) is 9.97 Å². The summed E-state index contributed by atoms with van der Waals surface area (Å²) in [5.41, 5.74) is 0.542. The van der Waals surface area contributed by atoms with Crippen molar-refractivity contribution in [1.82, 2.24) is 15.0 Å². The second-order valence-electron chi connectivity index (χ2n) is 2.96. The SMILES string of the molecule is O=C(O)Cc1csc(Sc2cncc(Cl)n2)n1. The molecule has 1 N–H and O–H groups in total. The minimum atomic E-state index is -0.894. The van der Waals surface area contributed by atoms with Crippen molar-refractivity contribution in [1.29, 1.82) is 0 Å². The molecule has 17 heavy (non-hydrogen) atoms. The van der Waals surface area contributed by atoms with Crippen LogP contribution in [-0.2, 0) is 11.2 Å². The third kappa shape index (κ3) is 3.65. The van der Waals surface area contributed by atoms with E-state index in [9.17, 15) is 4.79 Å². The van der Waals surface area contributed by atoms with Gasteiger partial charge >= 0.3 is 5.97 Å². The fourth-order valence-electron chi connectivity index (χ4n) is 1.04. The molecule has 0 spiro atoms. The van der Waals surface area contributed by atoms with Crippen LogP contribution in [0, 0.1) is 0 Å². The molecule has 2 heterocycles. The van der Waals surface area contributed by atoms with Crippen LogP contribution in [0.2, 0.25) is 5.15 Å². The summed E-state index contributed by atoms with van der Waals surface area (Å²) >= 11 is 8.38. The van der Waals surface area contributed by atoms with E-state index < -0.39 is 5.97 Å². The van der Waals surface area contributed by atoms with Crippen molar-refractivity contribution >= 4 is 40.7 Å². The van der Waals surface area contributed by atoms with Crippen molar-refractivity contribution in [3.05, 3.63) is 28.6 Å². The summed E-state index contributed by atoms with van der Waals surface area (Å²) in [7, 11) is 0.